The second-order valence-corrected chi connectivity index (χ2v) is 5.91. The molecule has 2 N–H and O–H groups in total. The summed E-state index contributed by atoms with van der Waals surface area (Å²) in [4.78, 5) is 24.0. The van der Waals surface area contributed by atoms with Crippen molar-refractivity contribution in [1.82, 2.24) is 5.32 Å². The molecule has 0 aliphatic carbocycles. The van der Waals surface area contributed by atoms with Crippen molar-refractivity contribution in [1.29, 1.82) is 0 Å². The van der Waals surface area contributed by atoms with Crippen LogP contribution in [-0.2, 0) is 20.9 Å². The summed E-state index contributed by atoms with van der Waals surface area (Å²) in [6.07, 6.45) is 1.77. The maximum absolute atomic E-state index is 12.1. The SMILES string of the molecule is COc1ccc(CNC(=O)[C@H](C)OC(=O)/C=C/c2ccc(O)c(OC)c2)cc1. The van der Waals surface area contributed by atoms with E-state index in [4.69, 9.17) is 14.2 Å². The van der Waals surface area contributed by atoms with E-state index in [0.29, 0.717) is 17.9 Å². The van der Waals surface area contributed by atoms with Crippen LogP contribution in [0.5, 0.6) is 17.2 Å². The molecule has 0 saturated heterocycles. The minimum absolute atomic E-state index is 0.00406. The predicted molar refractivity (Wildman–Crippen MR) is 104 cm³/mol. The van der Waals surface area contributed by atoms with E-state index in [2.05, 4.69) is 5.32 Å². The van der Waals surface area contributed by atoms with Gasteiger partial charge in [0, 0.05) is 12.6 Å². The molecule has 2 rings (SSSR count). The van der Waals surface area contributed by atoms with E-state index >= 15 is 0 Å². The summed E-state index contributed by atoms with van der Waals surface area (Å²) in [6, 6.07) is 11.9. The van der Waals surface area contributed by atoms with Crippen molar-refractivity contribution in [2.45, 2.75) is 19.6 Å². The van der Waals surface area contributed by atoms with Gasteiger partial charge in [0.1, 0.15) is 5.75 Å². The van der Waals surface area contributed by atoms with Gasteiger partial charge in [0.25, 0.3) is 5.91 Å². The quantitative estimate of drug-likeness (QED) is 0.536. The highest BCUT2D eigenvalue weighted by atomic mass is 16.5. The third-order valence-electron chi connectivity index (χ3n) is 3.90. The molecule has 0 unspecified atom stereocenters. The van der Waals surface area contributed by atoms with Gasteiger partial charge in [-0.15, -0.1) is 0 Å². The Kier molecular flexibility index (Phi) is 7.45. The normalized spacial score (nSPS) is 11.7. The number of ether oxygens (including phenoxy) is 3. The molecule has 0 bridgehead atoms. The van der Waals surface area contributed by atoms with Crippen molar-refractivity contribution in [3.63, 3.8) is 0 Å². The largest absolute Gasteiger partial charge is 0.504 e. The van der Waals surface area contributed by atoms with Crippen LogP contribution < -0.4 is 14.8 Å². The van der Waals surface area contributed by atoms with Crippen LogP contribution in [0.3, 0.4) is 0 Å². The Morgan fingerprint density at radius 2 is 1.82 bits per heavy atom. The molecule has 0 aromatic heterocycles. The number of hydrogen-bond donors (Lipinski definition) is 2. The van der Waals surface area contributed by atoms with Gasteiger partial charge in [-0.25, -0.2) is 4.79 Å². The third-order valence-corrected chi connectivity index (χ3v) is 3.90. The molecular formula is C21H23NO6. The zero-order valence-corrected chi connectivity index (χ0v) is 16.0. The Balaban J connectivity index is 1.84. The predicted octanol–water partition coefficient (Wildman–Crippen LogP) is 2.67. The highest BCUT2D eigenvalue weighted by Gasteiger charge is 2.16. The average molecular weight is 385 g/mol. The Morgan fingerprint density at radius 3 is 2.46 bits per heavy atom. The zero-order chi connectivity index (χ0) is 20.5. The average Bonchev–Trinajstić information content (AvgIpc) is 2.71. The van der Waals surface area contributed by atoms with E-state index in [-0.39, 0.29) is 5.75 Å². The molecular weight excluding hydrogens is 362 g/mol. The Bertz CT molecular complexity index is 844. The van der Waals surface area contributed by atoms with E-state index in [1.165, 1.54) is 32.3 Å². The van der Waals surface area contributed by atoms with Crippen molar-refractivity contribution < 1.29 is 28.9 Å². The maximum Gasteiger partial charge on any atom is 0.331 e. The summed E-state index contributed by atoms with van der Waals surface area (Å²) >= 11 is 0. The number of nitrogens with one attached hydrogen (secondary N) is 1. The van der Waals surface area contributed by atoms with Gasteiger partial charge in [-0.3, -0.25) is 4.79 Å². The van der Waals surface area contributed by atoms with Gasteiger partial charge in [0.2, 0.25) is 0 Å². The molecule has 1 atom stereocenters. The lowest BCUT2D eigenvalue weighted by atomic mass is 10.2. The van der Waals surface area contributed by atoms with Crippen LogP contribution >= 0.6 is 0 Å². The van der Waals surface area contributed by atoms with Crippen molar-refractivity contribution in [2.24, 2.45) is 0 Å². The molecule has 0 radical (unpaired) electrons. The number of aromatic hydroxyl groups is 1. The second-order valence-electron chi connectivity index (χ2n) is 5.91. The minimum Gasteiger partial charge on any atom is -0.504 e. The van der Waals surface area contributed by atoms with Gasteiger partial charge in [-0.05, 0) is 48.4 Å². The lowest BCUT2D eigenvalue weighted by Crippen LogP contribution is -2.35. The van der Waals surface area contributed by atoms with Crippen LogP contribution in [0.4, 0.5) is 0 Å². The van der Waals surface area contributed by atoms with Crippen LogP contribution in [0.2, 0.25) is 0 Å². The number of methoxy groups -OCH3 is 2. The molecule has 148 valence electrons. The number of hydrogen-bond acceptors (Lipinski definition) is 6. The molecule has 0 aliphatic rings. The Labute approximate surface area is 163 Å². The van der Waals surface area contributed by atoms with Crippen molar-refractivity contribution in [2.75, 3.05) is 14.2 Å². The highest BCUT2D eigenvalue weighted by Crippen LogP contribution is 2.26. The number of phenols is 1. The fraction of sp³-hybridized carbons (Fsp3) is 0.238. The number of carbonyl (C=O) groups is 2. The van der Waals surface area contributed by atoms with Gasteiger partial charge in [0.05, 0.1) is 14.2 Å². The minimum atomic E-state index is -0.940. The highest BCUT2D eigenvalue weighted by molar-refractivity contribution is 5.90. The first kappa shape index (κ1) is 20.8. The van der Waals surface area contributed by atoms with Crippen molar-refractivity contribution >= 4 is 18.0 Å². The lowest BCUT2D eigenvalue weighted by molar-refractivity contribution is -0.150. The van der Waals surface area contributed by atoms with E-state index in [1.54, 1.807) is 31.4 Å². The third kappa shape index (κ3) is 6.05. The van der Waals surface area contributed by atoms with Gasteiger partial charge in [-0.1, -0.05) is 18.2 Å². The zero-order valence-electron chi connectivity index (χ0n) is 16.0. The first-order valence-corrected chi connectivity index (χ1v) is 8.59. The van der Waals surface area contributed by atoms with E-state index in [0.717, 1.165) is 11.3 Å². The summed E-state index contributed by atoms with van der Waals surface area (Å²) in [5, 5.41) is 12.3. The molecule has 7 heteroatoms. The number of benzene rings is 2. The molecule has 1 amide bonds. The maximum atomic E-state index is 12.1. The summed E-state index contributed by atoms with van der Waals surface area (Å²) in [5.41, 5.74) is 1.54. The topological polar surface area (TPSA) is 94.1 Å². The fourth-order valence-electron chi connectivity index (χ4n) is 2.31. The van der Waals surface area contributed by atoms with Gasteiger partial charge in [0.15, 0.2) is 17.6 Å². The van der Waals surface area contributed by atoms with E-state index in [1.807, 2.05) is 12.1 Å². The summed E-state index contributed by atoms with van der Waals surface area (Å²) in [5.74, 6) is -0.0235. The molecule has 0 spiro atoms. The first-order valence-electron chi connectivity index (χ1n) is 8.59. The number of amides is 1. The number of phenolic OH excluding ortho intramolecular Hbond substituents is 1. The van der Waals surface area contributed by atoms with Crippen LogP contribution in [0.25, 0.3) is 6.08 Å². The van der Waals surface area contributed by atoms with Crippen LogP contribution in [0.15, 0.2) is 48.5 Å². The number of esters is 1. The number of carbonyl (C=O) groups excluding carboxylic acids is 2. The van der Waals surface area contributed by atoms with Crippen LogP contribution in [0, 0.1) is 0 Å². The standard InChI is InChI=1S/C21H23NO6/c1-14(21(25)22-13-16-4-8-17(26-2)9-5-16)28-20(24)11-7-15-6-10-18(23)19(12-15)27-3/h4-12,14,23H,13H2,1-3H3,(H,22,25)/b11-7+/t14-/m0/s1. The van der Waals surface area contributed by atoms with Crippen LogP contribution in [-0.4, -0.2) is 37.3 Å². The molecule has 0 saturated carbocycles. The second kappa shape index (κ2) is 10.0. The summed E-state index contributed by atoms with van der Waals surface area (Å²) < 4.78 is 15.2. The van der Waals surface area contributed by atoms with Crippen molar-refractivity contribution in [3.8, 4) is 17.2 Å². The van der Waals surface area contributed by atoms with Gasteiger partial charge in [-0.2, -0.15) is 0 Å². The van der Waals surface area contributed by atoms with E-state index < -0.39 is 18.0 Å². The number of rotatable bonds is 8. The molecule has 7 nitrogen and oxygen atoms in total. The molecule has 2 aromatic carbocycles. The summed E-state index contributed by atoms with van der Waals surface area (Å²) in [6.45, 7) is 1.81. The molecule has 0 heterocycles. The lowest BCUT2D eigenvalue weighted by Gasteiger charge is -2.12. The Morgan fingerprint density at radius 1 is 1.11 bits per heavy atom. The van der Waals surface area contributed by atoms with Crippen molar-refractivity contribution in [3.05, 3.63) is 59.7 Å². The molecule has 2 aromatic rings. The molecule has 28 heavy (non-hydrogen) atoms. The van der Waals surface area contributed by atoms with Gasteiger partial charge < -0.3 is 24.6 Å². The van der Waals surface area contributed by atoms with Gasteiger partial charge >= 0.3 is 5.97 Å². The molecule has 0 aliphatic heterocycles. The smallest absolute Gasteiger partial charge is 0.331 e. The molecule has 0 fully saturated rings. The Hall–Kier alpha value is -3.48. The van der Waals surface area contributed by atoms with E-state index in [9.17, 15) is 14.7 Å². The first-order chi connectivity index (χ1) is 13.4. The van der Waals surface area contributed by atoms with Crippen LogP contribution in [0.1, 0.15) is 18.1 Å². The summed E-state index contributed by atoms with van der Waals surface area (Å²) in [7, 11) is 3.02. The monoisotopic (exact) mass is 385 g/mol. The fourth-order valence-corrected chi connectivity index (χ4v) is 2.31.